The van der Waals surface area contributed by atoms with Gasteiger partial charge in [0.25, 0.3) is 5.91 Å². The quantitative estimate of drug-likeness (QED) is 0.842. The predicted molar refractivity (Wildman–Crippen MR) is 86.0 cm³/mol. The van der Waals surface area contributed by atoms with Crippen molar-refractivity contribution in [1.82, 2.24) is 10.2 Å². The molecule has 1 aromatic rings. The minimum Gasteiger partial charge on any atom is -0.378 e. The highest BCUT2D eigenvalue weighted by atomic mass is 16.5. The molecule has 1 amide bonds. The lowest BCUT2D eigenvalue weighted by Gasteiger charge is -2.21. The highest BCUT2D eigenvalue weighted by Gasteiger charge is 2.44. The molecular weight excluding hydrogens is 278 g/mol. The van der Waals surface area contributed by atoms with E-state index in [9.17, 15) is 4.79 Å². The Labute approximate surface area is 131 Å². The molecule has 5 nitrogen and oxygen atoms in total. The van der Waals surface area contributed by atoms with Crippen LogP contribution in [-0.4, -0.2) is 56.7 Å². The minimum atomic E-state index is -0.113. The van der Waals surface area contributed by atoms with E-state index in [0.717, 1.165) is 6.54 Å². The zero-order valence-corrected chi connectivity index (χ0v) is 13.3. The number of nitrogens with zero attached hydrogens (tertiary/aromatic N) is 1. The van der Waals surface area contributed by atoms with Crippen molar-refractivity contribution in [3.05, 3.63) is 35.4 Å². The number of amides is 1. The lowest BCUT2D eigenvalue weighted by molar-refractivity contribution is 0.0928. The van der Waals surface area contributed by atoms with Crippen LogP contribution in [0.4, 0.5) is 0 Å². The van der Waals surface area contributed by atoms with E-state index in [0.29, 0.717) is 24.2 Å². The third kappa shape index (κ3) is 3.16. The molecule has 2 aliphatic rings. The summed E-state index contributed by atoms with van der Waals surface area (Å²) in [7, 11) is 4.21. The van der Waals surface area contributed by atoms with Crippen LogP contribution in [0.1, 0.15) is 28.8 Å². The summed E-state index contributed by atoms with van der Waals surface area (Å²) in [6.07, 6.45) is 2.45. The molecule has 2 unspecified atom stereocenters. The lowest BCUT2D eigenvalue weighted by Crippen LogP contribution is -2.46. The van der Waals surface area contributed by atoms with E-state index < -0.39 is 0 Å². The van der Waals surface area contributed by atoms with E-state index in [1.54, 1.807) is 0 Å². The van der Waals surface area contributed by atoms with Gasteiger partial charge < -0.3 is 20.7 Å². The standard InChI is InChI=1S/C17H25N3O2/c1-20(2)11-17(7-8-17)13-5-3-12(4-6-13)16(21)19-15-10-22-9-14(15)18/h3-6,14-15H,7-11,18H2,1-2H3,(H,19,21). The largest absolute Gasteiger partial charge is 0.378 e. The molecule has 2 atom stereocenters. The van der Waals surface area contributed by atoms with Crippen molar-refractivity contribution in [1.29, 1.82) is 0 Å². The molecule has 1 aliphatic heterocycles. The number of carbonyl (C=O) groups is 1. The highest BCUT2D eigenvalue weighted by Crippen LogP contribution is 2.48. The summed E-state index contributed by atoms with van der Waals surface area (Å²) < 4.78 is 5.27. The van der Waals surface area contributed by atoms with Crippen LogP contribution in [0.5, 0.6) is 0 Å². The second-order valence-corrected chi connectivity index (χ2v) is 6.88. The number of likely N-dealkylation sites (N-methyl/N-ethyl adjacent to an activating group) is 1. The molecule has 22 heavy (non-hydrogen) atoms. The van der Waals surface area contributed by atoms with Crippen molar-refractivity contribution in [2.24, 2.45) is 5.73 Å². The average molecular weight is 303 g/mol. The highest BCUT2D eigenvalue weighted by molar-refractivity contribution is 5.94. The van der Waals surface area contributed by atoms with E-state index in [1.165, 1.54) is 18.4 Å². The number of carbonyl (C=O) groups excluding carboxylic acids is 1. The molecule has 120 valence electrons. The second-order valence-electron chi connectivity index (χ2n) is 6.88. The summed E-state index contributed by atoms with van der Waals surface area (Å²) in [5.41, 5.74) is 8.20. The first-order valence-electron chi connectivity index (χ1n) is 7.90. The predicted octanol–water partition coefficient (Wildman–Crippen LogP) is 0.736. The maximum Gasteiger partial charge on any atom is 0.251 e. The topological polar surface area (TPSA) is 67.6 Å². The summed E-state index contributed by atoms with van der Waals surface area (Å²) >= 11 is 0. The smallest absolute Gasteiger partial charge is 0.251 e. The van der Waals surface area contributed by atoms with Crippen molar-refractivity contribution in [2.75, 3.05) is 33.9 Å². The van der Waals surface area contributed by atoms with Crippen molar-refractivity contribution in [3.63, 3.8) is 0 Å². The molecule has 0 aromatic heterocycles. The van der Waals surface area contributed by atoms with Crippen molar-refractivity contribution in [3.8, 4) is 0 Å². The van der Waals surface area contributed by atoms with Gasteiger partial charge in [0.15, 0.2) is 0 Å². The number of benzene rings is 1. The van der Waals surface area contributed by atoms with E-state index >= 15 is 0 Å². The fourth-order valence-corrected chi connectivity index (χ4v) is 3.24. The Bertz CT molecular complexity index is 537. The summed E-state index contributed by atoms with van der Waals surface area (Å²) in [6, 6.07) is 7.82. The average Bonchev–Trinajstić information content (AvgIpc) is 3.15. The molecule has 5 heteroatoms. The van der Waals surface area contributed by atoms with Gasteiger partial charge in [0.2, 0.25) is 0 Å². The van der Waals surface area contributed by atoms with Crippen LogP contribution in [0.15, 0.2) is 24.3 Å². The Morgan fingerprint density at radius 3 is 2.50 bits per heavy atom. The molecule has 0 spiro atoms. The zero-order valence-electron chi connectivity index (χ0n) is 13.3. The van der Waals surface area contributed by atoms with E-state index in [4.69, 9.17) is 10.5 Å². The van der Waals surface area contributed by atoms with Crippen LogP contribution in [-0.2, 0) is 10.2 Å². The lowest BCUT2D eigenvalue weighted by atomic mass is 9.94. The molecule has 1 heterocycles. The molecule has 0 bridgehead atoms. The summed E-state index contributed by atoms with van der Waals surface area (Å²) in [4.78, 5) is 14.5. The number of nitrogens with one attached hydrogen (secondary N) is 1. The van der Waals surface area contributed by atoms with Crippen LogP contribution in [0.3, 0.4) is 0 Å². The first-order chi connectivity index (χ1) is 10.5. The molecule has 1 aromatic carbocycles. The van der Waals surface area contributed by atoms with Gasteiger partial charge in [-0.1, -0.05) is 12.1 Å². The Kier molecular flexibility index (Phi) is 4.21. The maximum atomic E-state index is 12.3. The van der Waals surface area contributed by atoms with Gasteiger partial charge in [-0.2, -0.15) is 0 Å². The normalized spacial score (nSPS) is 26.2. The molecular formula is C17H25N3O2. The number of rotatable bonds is 5. The van der Waals surface area contributed by atoms with E-state index in [2.05, 4.69) is 36.4 Å². The number of nitrogens with two attached hydrogens (primary N) is 1. The van der Waals surface area contributed by atoms with Gasteiger partial charge in [0.1, 0.15) is 0 Å². The van der Waals surface area contributed by atoms with Gasteiger partial charge in [-0.05, 0) is 44.6 Å². The molecule has 3 N–H and O–H groups in total. The number of hydrogen-bond acceptors (Lipinski definition) is 4. The molecule has 0 radical (unpaired) electrons. The second kappa shape index (κ2) is 5.99. The summed E-state index contributed by atoms with van der Waals surface area (Å²) in [5, 5.41) is 2.95. The van der Waals surface area contributed by atoms with Gasteiger partial charge in [-0.15, -0.1) is 0 Å². The maximum absolute atomic E-state index is 12.3. The van der Waals surface area contributed by atoms with Crippen LogP contribution < -0.4 is 11.1 Å². The van der Waals surface area contributed by atoms with E-state index in [-0.39, 0.29) is 18.0 Å². The van der Waals surface area contributed by atoms with Crippen molar-refractivity contribution >= 4 is 5.91 Å². The third-order valence-corrected chi connectivity index (χ3v) is 4.67. The van der Waals surface area contributed by atoms with E-state index in [1.807, 2.05) is 12.1 Å². The van der Waals surface area contributed by atoms with Crippen LogP contribution >= 0.6 is 0 Å². The Morgan fingerprint density at radius 1 is 1.32 bits per heavy atom. The molecule has 3 rings (SSSR count). The van der Waals surface area contributed by atoms with Crippen LogP contribution in [0.25, 0.3) is 0 Å². The Hall–Kier alpha value is -1.43. The van der Waals surface area contributed by atoms with Gasteiger partial charge in [0, 0.05) is 17.5 Å². The Morgan fingerprint density at radius 2 is 2.00 bits per heavy atom. The van der Waals surface area contributed by atoms with Gasteiger partial charge >= 0.3 is 0 Å². The number of hydrogen-bond donors (Lipinski definition) is 2. The number of ether oxygens (including phenoxy) is 1. The molecule has 2 fully saturated rings. The first-order valence-corrected chi connectivity index (χ1v) is 7.90. The zero-order chi connectivity index (χ0) is 15.7. The van der Waals surface area contributed by atoms with Crippen molar-refractivity contribution < 1.29 is 9.53 Å². The first kappa shape index (κ1) is 15.5. The fraction of sp³-hybridized carbons (Fsp3) is 0.588. The molecule has 1 saturated heterocycles. The molecule has 1 aliphatic carbocycles. The monoisotopic (exact) mass is 303 g/mol. The summed E-state index contributed by atoms with van der Waals surface area (Å²) in [5.74, 6) is -0.0741. The van der Waals surface area contributed by atoms with Crippen LogP contribution in [0.2, 0.25) is 0 Å². The molecule has 1 saturated carbocycles. The summed E-state index contributed by atoms with van der Waals surface area (Å²) in [6.45, 7) is 2.07. The Balaban J connectivity index is 1.65. The minimum absolute atomic E-state index is 0.0741. The fourth-order valence-electron chi connectivity index (χ4n) is 3.24. The van der Waals surface area contributed by atoms with Gasteiger partial charge in [-0.25, -0.2) is 0 Å². The third-order valence-electron chi connectivity index (χ3n) is 4.67. The van der Waals surface area contributed by atoms with Crippen LogP contribution in [0, 0.1) is 0 Å². The SMILES string of the molecule is CN(C)CC1(c2ccc(C(=O)NC3COCC3N)cc2)CC1. The van der Waals surface area contributed by atoms with Gasteiger partial charge in [0.05, 0.1) is 25.3 Å². The van der Waals surface area contributed by atoms with Gasteiger partial charge in [-0.3, -0.25) is 4.79 Å². The van der Waals surface area contributed by atoms with Crippen molar-refractivity contribution in [2.45, 2.75) is 30.3 Å².